The number of amides is 2. The van der Waals surface area contributed by atoms with Crippen molar-refractivity contribution in [1.82, 2.24) is 4.90 Å². The summed E-state index contributed by atoms with van der Waals surface area (Å²) in [6.45, 7) is 9.27. The van der Waals surface area contributed by atoms with Crippen LogP contribution in [0.3, 0.4) is 0 Å². The van der Waals surface area contributed by atoms with Crippen LogP contribution in [0.4, 0.5) is 11.4 Å². The lowest BCUT2D eigenvalue weighted by molar-refractivity contribution is -0.114. The average molecular weight is 442 g/mol. The highest BCUT2D eigenvalue weighted by Crippen LogP contribution is 2.17. The molecule has 32 heavy (non-hydrogen) atoms. The zero-order valence-corrected chi connectivity index (χ0v) is 19.4. The van der Waals surface area contributed by atoms with Crippen LogP contribution >= 0.6 is 0 Å². The highest BCUT2D eigenvalue weighted by atomic mass is 16.5. The number of hydrogen-bond donors (Lipinski definition) is 2. The van der Waals surface area contributed by atoms with Crippen LogP contribution in [0.15, 0.2) is 48.5 Å². The summed E-state index contributed by atoms with van der Waals surface area (Å²) in [6, 6.07) is 14.5. The largest absolute Gasteiger partial charge is 0.491 e. The maximum absolute atomic E-state index is 12.8. The molecule has 0 atom stereocenters. The van der Waals surface area contributed by atoms with Crippen molar-refractivity contribution in [2.24, 2.45) is 0 Å². The zero-order valence-electron chi connectivity index (χ0n) is 19.4. The summed E-state index contributed by atoms with van der Waals surface area (Å²) >= 11 is 0. The lowest BCUT2D eigenvalue weighted by atomic mass is 10.1. The van der Waals surface area contributed by atoms with E-state index < -0.39 is 0 Å². The first kappa shape index (κ1) is 25.2. The van der Waals surface area contributed by atoms with E-state index in [0.29, 0.717) is 36.8 Å². The van der Waals surface area contributed by atoms with Crippen LogP contribution in [0.2, 0.25) is 0 Å². The van der Waals surface area contributed by atoms with Gasteiger partial charge in [0.25, 0.3) is 5.91 Å². The summed E-state index contributed by atoms with van der Waals surface area (Å²) in [7, 11) is 0. The minimum Gasteiger partial charge on any atom is -0.491 e. The first-order valence-corrected chi connectivity index (χ1v) is 11.3. The van der Waals surface area contributed by atoms with Gasteiger partial charge in [-0.05, 0) is 50.1 Å². The topological polar surface area (TPSA) is 79.9 Å². The molecule has 0 unspecified atom stereocenters. The third-order valence-electron chi connectivity index (χ3n) is 4.66. The Labute approximate surface area is 191 Å². The molecule has 0 spiro atoms. The van der Waals surface area contributed by atoms with Gasteiger partial charge in [0.2, 0.25) is 5.91 Å². The molecule has 7 heteroatoms. The molecular formula is C25H35N3O4. The number of rotatable bonds is 14. The van der Waals surface area contributed by atoms with Crippen molar-refractivity contribution < 1.29 is 19.1 Å². The molecule has 0 radical (unpaired) electrons. The van der Waals surface area contributed by atoms with E-state index in [0.717, 1.165) is 31.6 Å². The Kier molecular flexibility index (Phi) is 11.1. The van der Waals surface area contributed by atoms with Gasteiger partial charge in [0.1, 0.15) is 12.4 Å². The second kappa shape index (κ2) is 14.1. The number of benzene rings is 2. The van der Waals surface area contributed by atoms with E-state index in [1.807, 2.05) is 36.1 Å². The lowest BCUT2D eigenvalue weighted by Crippen LogP contribution is -2.32. The van der Waals surface area contributed by atoms with Crippen molar-refractivity contribution >= 4 is 23.2 Å². The maximum Gasteiger partial charge on any atom is 0.253 e. The van der Waals surface area contributed by atoms with Gasteiger partial charge in [0, 0.05) is 42.7 Å². The Morgan fingerprint density at radius 3 is 2.34 bits per heavy atom. The van der Waals surface area contributed by atoms with E-state index in [2.05, 4.69) is 24.5 Å². The smallest absolute Gasteiger partial charge is 0.253 e. The van der Waals surface area contributed by atoms with Crippen molar-refractivity contribution in [2.75, 3.05) is 50.1 Å². The fourth-order valence-electron chi connectivity index (χ4n) is 3.21. The van der Waals surface area contributed by atoms with Gasteiger partial charge in [-0.25, -0.2) is 0 Å². The molecule has 7 nitrogen and oxygen atoms in total. The predicted octanol–water partition coefficient (Wildman–Crippen LogP) is 4.41. The van der Waals surface area contributed by atoms with Gasteiger partial charge in [-0.15, -0.1) is 0 Å². The van der Waals surface area contributed by atoms with E-state index in [-0.39, 0.29) is 18.4 Å². The summed E-state index contributed by atoms with van der Waals surface area (Å²) < 4.78 is 10.9. The summed E-state index contributed by atoms with van der Waals surface area (Å²) in [5.74, 6) is 0.505. The molecule has 0 aromatic heterocycles. The molecule has 2 N–H and O–H groups in total. The third kappa shape index (κ3) is 8.59. The first-order chi connectivity index (χ1) is 15.6. The second-order valence-corrected chi connectivity index (χ2v) is 7.35. The number of anilines is 2. The quantitative estimate of drug-likeness (QED) is 0.425. The first-order valence-electron chi connectivity index (χ1n) is 11.3. The minimum absolute atomic E-state index is 0.0101. The van der Waals surface area contributed by atoms with E-state index >= 15 is 0 Å². The Morgan fingerprint density at radius 2 is 1.62 bits per heavy atom. The van der Waals surface area contributed by atoms with Gasteiger partial charge < -0.3 is 25.0 Å². The van der Waals surface area contributed by atoms with Crippen LogP contribution in [0.25, 0.3) is 0 Å². The molecule has 0 saturated heterocycles. The molecule has 0 fully saturated rings. The number of ether oxygens (including phenoxy) is 2. The predicted molar refractivity (Wildman–Crippen MR) is 128 cm³/mol. The molecule has 2 amide bonds. The zero-order chi connectivity index (χ0) is 23.2. The summed E-state index contributed by atoms with van der Waals surface area (Å²) in [5.41, 5.74) is 1.96. The number of nitrogens with zero attached hydrogens (tertiary/aromatic N) is 1. The summed E-state index contributed by atoms with van der Waals surface area (Å²) in [6.07, 6.45) is 1.82. The second-order valence-electron chi connectivity index (χ2n) is 7.35. The molecule has 2 aromatic carbocycles. The van der Waals surface area contributed by atoms with Crippen molar-refractivity contribution in [3.63, 3.8) is 0 Å². The SMILES string of the molecule is CCCN(CCC)C(=O)c1cccc(NC(=O)CNc2cccc(OCCOCC)c2)c1. The van der Waals surface area contributed by atoms with Crippen molar-refractivity contribution in [1.29, 1.82) is 0 Å². The molecule has 0 aliphatic carbocycles. The van der Waals surface area contributed by atoms with Crippen LogP contribution in [0.5, 0.6) is 5.75 Å². The van der Waals surface area contributed by atoms with Crippen molar-refractivity contribution in [3.05, 3.63) is 54.1 Å². The van der Waals surface area contributed by atoms with Gasteiger partial charge in [0.05, 0.1) is 13.2 Å². The fraction of sp³-hybridized carbons (Fsp3) is 0.440. The van der Waals surface area contributed by atoms with Crippen LogP contribution in [-0.4, -0.2) is 56.2 Å². The van der Waals surface area contributed by atoms with Gasteiger partial charge in [0.15, 0.2) is 0 Å². The molecule has 0 heterocycles. The standard InChI is InChI=1S/C25H35N3O4/c1-4-13-28(14-5-2)25(30)20-9-7-11-22(17-20)27-24(29)19-26-21-10-8-12-23(18-21)32-16-15-31-6-3/h7-12,17-18,26H,4-6,13-16,19H2,1-3H3,(H,27,29). The number of nitrogens with one attached hydrogen (secondary N) is 2. The molecule has 0 bridgehead atoms. The van der Waals surface area contributed by atoms with Crippen molar-refractivity contribution in [3.8, 4) is 5.75 Å². The molecule has 2 aromatic rings. The van der Waals surface area contributed by atoms with Crippen LogP contribution in [0, 0.1) is 0 Å². The van der Waals surface area contributed by atoms with Gasteiger partial charge in [-0.2, -0.15) is 0 Å². The van der Waals surface area contributed by atoms with E-state index in [9.17, 15) is 9.59 Å². The number of carbonyl (C=O) groups is 2. The number of carbonyl (C=O) groups excluding carboxylic acids is 2. The third-order valence-corrected chi connectivity index (χ3v) is 4.66. The Balaban J connectivity index is 1.89. The molecule has 0 aliphatic rings. The lowest BCUT2D eigenvalue weighted by Gasteiger charge is -2.21. The molecule has 2 rings (SSSR count). The van der Waals surface area contributed by atoms with Gasteiger partial charge in [-0.3, -0.25) is 9.59 Å². The monoisotopic (exact) mass is 441 g/mol. The van der Waals surface area contributed by atoms with Crippen LogP contribution < -0.4 is 15.4 Å². The molecule has 174 valence electrons. The Hall–Kier alpha value is -3.06. The average Bonchev–Trinajstić information content (AvgIpc) is 2.80. The van der Waals surface area contributed by atoms with E-state index in [1.165, 1.54) is 0 Å². The summed E-state index contributed by atoms with van der Waals surface area (Å²) in [5, 5.41) is 5.95. The van der Waals surface area contributed by atoms with Gasteiger partial charge >= 0.3 is 0 Å². The van der Waals surface area contributed by atoms with E-state index in [4.69, 9.17) is 9.47 Å². The Morgan fingerprint density at radius 1 is 0.906 bits per heavy atom. The summed E-state index contributed by atoms with van der Waals surface area (Å²) in [4.78, 5) is 27.1. The molecular weight excluding hydrogens is 406 g/mol. The molecule has 0 saturated carbocycles. The number of hydrogen-bond acceptors (Lipinski definition) is 5. The normalized spacial score (nSPS) is 10.5. The minimum atomic E-state index is -0.198. The van der Waals surface area contributed by atoms with Gasteiger partial charge in [-0.1, -0.05) is 26.0 Å². The van der Waals surface area contributed by atoms with Crippen LogP contribution in [-0.2, 0) is 9.53 Å². The highest BCUT2D eigenvalue weighted by molar-refractivity contribution is 5.98. The highest BCUT2D eigenvalue weighted by Gasteiger charge is 2.15. The maximum atomic E-state index is 12.8. The fourth-order valence-corrected chi connectivity index (χ4v) is 3.21. The molecule has 0 aliphatic heterocycles. The Bertz CT molecular complexity index is 851. The van der Waals surface area contributed by atoms with Crippen LogP contribution in [0.1, 0.15) is 44.0 Å². The van der Waals surface area contributed by atoms with Crippen molar-refractivity contribution in [2.45, 2.75) is 33.6 Å². The van der Waals surface area contributed by atoms with E-state index in [1.54, 1.807) is 24.3 Å².